The minimum absolute atomic E-state index is 0.0492. The summed E-state index contributed by atoms with van der Waals surface area (Å²) < 4.78 is 0. The van der Waals surface area contributed by atoms with E-state index < -0.39 is 0 Å². The van der Waals surface area contributed by atoms with E-state index in [4.69, 9.17) is 5.73 Å². The predicted molar refractivity (Wildman–Crippen MR) is 55.1 cm³/mol. The number of rotatable bonds is 1. The minimum atomic E-state index is -0.0492. The first-order valence-electron chi connectivity index (χ1n) is 4.83. The Bertz CT molecular complexity index is 374. The maximum Gasteiger partial charge on any atom is 0.251 e. The monoisotopic (exact) mass is 190 g/mol. The summed E-state index contributed by atoms with van der Waals surface area (Å²) in [5.41, 5.74) is 9.04. The van der Waals surface area contributed by atoms with E-state index in [2.05, 4.69) is 5.32 Å². The van der Waals surface area contributed by atoms with E-state index in [0.29, 0.717) is 5.56 Å². The number of benzene rings is 1. The molecule has 0 saturated heterocycles. The normalized spacial score (nSPS) is 19.1. The van der Waals surface area contributed by atoms with Crippen LogP contribution in [0.4, 0.5) is 0 Å². The van der Waals surface area contributed by atoms with Gasteiger partial charge in [-0.1, -0.05) is 6.07 Å². The van der Waals surface area contributed by atoms with Gasteiger partial charge >= 0.3 is 0 Å². The third-order valence-corrected chi connectivity index (χ3v) is 2.76. The summed E-state index contributed by atoms with van der Waals surface area (Å²) in [6, 6.07) is 5.88. The van der Waals surface area contributed by atoms with Crippen molar-refractivity contribution in [2.45, 2.75) is 18.9 Å². The molecule has 3 N–H and O–H groups in total. The van der Waals surface area contributed by atoms with Gasteiger partial charge in [0.2, 0.25) is 0 Å². The van der Waals surface area contributed by atoms with Gasteiger partial charge in [0.15, 0.2) is 0 Å². The molecule has 0 bridgehead atoms. The minimum Gasteiger partial charge on any atom is -0.355 e. The smallest absolute Gasteiger partial charge is 0.251 e. The van der Waals surface area contributed by atoms with Crippen molar-refractivity contribution in [3.8, 4) is 0 Å². The zero-order valence-corrected chi connectivity index (χ0v) is 8.21. The highest BCUT2D eigenvalue weighted by molar-refractivity contribution is 5.94. The number of hydrogen-bond donors (Lipinski definition) is 2. The van der Waals surface area contributed by atoms with Crippen LogP contribution in [0.25, 0.3) is 0 Å². The van der Waals surface area contributed by atoms with Crippen LogP contribution in [0.2, 0.25) is 0 Å². The summed E-state index contributed by atoms with van der Waals surface area (Å²) in [6.45, 7) is 0. The molecule has 1 aliphatic rings. The summed E-state index contributed by atoms with van der Waals surface area (Å²) in [6.07, 6.45) is 2.02. The van der Waals surface area contributed by atoms with Crippen LogP contribution in [0.1, 0.15) is 33.9 Å². The van der Waals surface area contributed by atoms with Gasteiger partial charge in [-0.05, 0) is 36.1 Å². The van der Waals surface area contributed by atoms with Gasteiger partial charge in [-0.15, -0.1) is 0 Å². The second kappa shape index (κ2) is 3.42. The number of carbonyl (C=O) groups excluding carboxylic acids is 1. The van der Waals surface area contributed by atoms with Crippen molar-refractivity contribution < 1.29 is 4.79 Å². The Morgan fingerprint density at radius 3 is 3.07 bits per heavy atom. The maximum absolute atomic E-state index is 11.4. The van der Waals surface area contributed by atoms with Gasteiger partial charge in [0.25, 0.3) is 5.91 Å². The molecule has 3 heteroatoms. The lowest BCUT2D eigenvalue weighted by Crippen LogP contribution is -2.18. The van der Waals surface area contributed by atoms with E-state index in [9.17, 15) is 4.79 Å². The molecule has 0 fully saturated rings. The Labute approximate surface area is 83.3 Å². The number of nitrogens with two attached hydrogens (primary N) is 1. The van der Waals surface area contributed by atoms with E-state index in [0.717, 1.165) is 18.4 Å². The van der Waals surface area contributed by atoms with Gasteiger partial charge in [-0.3, -0.25) is 4.79 Å². The number of amides is 1. The highest BCUT2D eigenvalue weighted by Crippen LogP contribution is 2.29. The van der Waals surface area contributed by atoms with Crippen LogP contribution in [0, 0.1) is 0 Å². The molecule has 2 rings (SSSR count). The van der Waals surface area contributed by atoms with E-state index in [1.54, 1.807) is 7.05 Å². The number of carbonyl (C=O) groups is 1. The molecular weight excluding hydrogens is 176 g/mol. The van der Waals surface area contributed by atoms with Crippen molar-refractivity contribution in [1.29, 1.82) is 0 Å². The predicted octanol–water partition coefficient (Wildman–Crippen LogP) is 0.992. The summed E-state index contributed by atoms with van der Waals surface area (Å²) in [5.74, 6) is -0.0492. The lowest BCUT2D eigenvalue weighted by molar-refractivity contribution is 0.0963. The molecule has 1 aromatic carbocycles. The van der Waals surface area contributed by atoms with Crippen LogP contribution < -0.4 is 11.1 Å². The summed E-state index contributed by atoms with van der Waals surface area (Å²) in [5, 5.41) is 2.61. The lowest BCUT2D eigenvalue weighted by Gasteiger charge is -2.06. The van der Waals surface area contributed by atoms with Gasteiger partial charge in [0.1, 0.15) is 0 Å². The number of aryl methyl sites for hydroxylation is 1. The Morgan fingerprint density at radius 1 is 1.57 bits per heavy atom. The second-order valence-corrected chi connectivity index (χ2v) is 3.64. The van der Waals surface area contributed by atoms with Crippen LogP contribution >= 0.6 is 0 Å². The third kappa shape index (κ3) is 1.40. The van der Waals surface area contributed by atoms with Crippen molar-refractivity contribution in [1.82, 2.24) is 5.32 Å². The summed E-state index contributed by atoms with van der Waals surface area (Å²) in [4.78, 5) is 11.4. The number of nitrogens with one attached hydrogen (secondary N) is 1. The molecule has 0 spiro atoms. The Balaban J connectivity index is 2.39. The fraction of sp³-hybridized carbons (Fsp3) is 0.364. The molecular formula is C11H14N2O. The molecule has 0 unspecified atom stereocenters. The standard InChI is InChI=1S/C11H14N2O/c1-13-11(14)8-3-2-7-4-5-10(12)9(7)6-8/h2-3,6,10H,4-5,12H2,1H3,(H,13,14)/t10-/m1/s1. The lowest BCUT2D eigenvalue weighted by atomic mass is 10.0. The first-order valence-corrected chi connectivity index (χ1v) is 4.83. The SMILES string of the molecule is CNC(=O)c1ccc2c(c1)[C@H](N)CC2. The van der Waals surface area contributed by atoms with Crippen LogP contribution in [-0.4, -0.2) is 13.0 Å². The molecule has 1 atom stereocenters. The average Bonchev–Trinajstić information content (AvgIpc) is 2.59. The van der Waals surface area contributed by atoms with Gasteiger partial charge in [-0.2, -0.15) is 0 Å². The fourth-order valence-electron chi connectivity index (χ4n) is 1.92. The summed E-state index contributed by atoms with van der Waals surface area (Å²) >= 11 is 0. The molecule has 0 aromatic heterocycles. The molecule has 0 radical (unpaired) electrons. The molecule has 3 nitrogen and oxygen atoms in total. The molecule has 1 amide bonds. The molecule has 0 heterocycles. The van der Waals surface area contributed by atoms with Crippen molar-refractivity contribution >= 4 is 5.91 Å². The highest BCUT2D eigenvalue weighted by Gasteiger charge is 2.19. The van der Waals surface area contributed by atoms with E-state index in [1.807, 2.05) is 18.2 Å². The van der Waals surface area contributed by atoms with Gasteiger partial charge in [-0.25, -0.2) is 0 Å². The second-order valence-electron chi connectivity index (χ2n) is 3.64. The molecule has 0 aliphatic heterocycles. The van der Waals surface area contributed by atoms with Crippen LogP contribution in [0.15, 0.2) is 18.2 Å². The third-order valence-electron chi connectivity index (χ3n) is 2.76. The zero-order valence-electron chi connectivity index (χ0n) is 8.21. The molecule has 0 saturated carbocycles. The average molecular weight is 190 g/mol. The Kier molecular flexibility index (Phi) is 2.25. The maximum atomic E-state index is 11.4. The summed E-state index contributed by atoms with van der Waals surface area (Å²) in [7, 11) is 1.63. The quantitative estimate of drug-likeness (QED) is 0.694. The van der Waals surface area contributed by atoms with Gasteiger partial charge < -0.3 is 11.1 Å². The largest absolute Gasteiger partial charge is 0.355 e. The molecule has 14 heavy (non-hydrogen) atoms. The first kappa shape index (κ1) is 9.21. The van der Waals surface area contributed by atoms with E-state index in [1.165, 1.54) is 5.56 Å². The Hall–Kier alpha value is -1.35. The molecule has 1 aromatic rings. The topological polar surface area (TPSA) is 55.1 Å². The molecule has 1 aliphatic carbocycles. The van der Waals surface area contributed by atoms with Crippen molar-refractivity contribution in [2.24, 2.45) is 5.73 Å². The first-order chi connectivity index (χ1) is 6.72. The van der Waals surface area contributed by atoms with Crippen LogP contribution in [0.5, 0.6) is 0 Å². The van der Waals surface area contributed by atoms with Crippen molar-refractivity contribution in [3.05, 3.63) is 34.9 Å². The van der Waals surface area contributed by atoms with Crippen molar-refractivity contribution in [3.63, 3.8) is 0 Å². The van der Waals surface area contributed by atoms with Crippen LogP contribution in [-0.2, 0) is 6.42 Å². The van der Waals surface area contributed by atoms with E-state index in [-0.39, 0.29) is 11.9 Å². The van der Waals surface area contributed by atoms with Gasteiger partial charge in [0.05, 0.1) is 0 Å². The molecule has 74 valence electrons. The number of fused-ring (bicyclic) bond motifs is 1. The number of hydrogen-bond acceptors (Lipinski definition) is 2. The Morgan fingerprint density at radius 2 is 2.36 bits per heavy atom. The highest BCUT2D eigenvalue weighted by atomic mass is 16.1. The van der Waals surface area contributed by atoms with Gasteiger partial charge in [0, 0.05) is 18.7 Å². The van der Waals surface area contributed by atoms with Crippen LogP contribution in [0.3, 0.4) is 0 Å². The van der Waals surface area contributed by atoms with E-state index >= 15 is 0 Å². The van der Waals surface area contributed by atoms with Crippen molar-refractivity contribution in [2.75, 3.05) is 7.05 Å². The fourth-order valence-corrected chi connectivity index (χ4v) is 1.92. The zero-order chi connectivity index (χ0) is 10.1.